The Labute approximate surface area is 136 Å². The summed E-state index contributed by atoms with van der Waals surface area (Å²) >= 11 is 0. The Morgan fingerprint density at radius 1 is 1.17 bits per heavy atom. The lowest BCUT2D eigenvalue weighted by Crippen LogP contribution is -2.48. The topological polar surface area (TPSA) is 105 Å². The van der Waals surface area contributed by atoms with Crippen molar-refractivity contribution >= 4 is 5.82 Å². The normalized spacial score (nSPS) is 22.8. The van der Waals surface area contributed by atoms with E-state index in [-0.39, 0.29) is 5.41 Å². The number of pyridine rings is 1. The molecule has 1 fully saturated rings. The van der Waals surface area contributed by atoms with Gasteiger partial charge in [0.05, 0.1) is 0 Å². The van der Waals surface area contributed by atoms with Crippen LogP contribution in [0.25, 0.3) is 11.5 Å². The van der Waals surface area contributed by atoms with Gasteiger partial charge in [-0.2, -0.15) is 5.21 Å². The fourth-order valence-corrected chi connectivity index (χ4v) is 2.98. The van der Waals surface area contributed by atoms with Crippen molar-refractivity contribution in [2.24, 2.45) is 0 Å². The molecule has 4 rings (SSSR count). The van der Waals surface area contributed by atoms with Gasteiger partial charge in [-0.3, -0.25) is 4.98 Å². The van der Waals surface area contributed by atoms with Gasteiger partial charge in [-0.15, -0.1) is 20.4 Å². The van der Waals surface area contributed by atoms with Gasteiger partial charge >= 0.3 is 0 Å². The van der Waals surface area contributed by atoms with Gasteiger partial charge in [0.1, 0.15) is 17.7 Å². The number of halogens is 1. The molecule has 9 heteroatoms. The van der Waals surface area contributed by atoms with Gasteiger partial charge in [-0.1, -0.05) is 6.07 Å². The molecule has 3 heterocycles. The maximum Gasteiger partial charge on any atom is 0.224 e. The Morgan fingerprint density at radius 2 is 2.08 bits per heavy atom. The summed E-state index contributed by atoms with van der Waals surface area (Å²) in [6, 6.07) is 9.27. The number of hydrogen-bond acceptors (Lipinski definition) is 7. The molecule has 0 radical (unpaired) electrons. The van der Waals surface area contributed by atoms with Crippen molar-refractivity contribution in [1.82, 2.24) is 35.8 Å². The van der Waals surface area contributed by atoms with Crippen LogP contribution >= 0.6 is 0 Å². The van der Waals surface area contributed by atoms with E-state index in [9.17, 15) is 4.39 Å². The summed E-state index contributed by atoms with van der Waals surface area (Å²) in [7, 11) is 0. The van der Waals surface area contributed by atoms with Gasteiger partial charge < -0.3 is 5.32 Å². The van der Waals surface area contributed by atoms with Gasteiger partial charge in [-0.25, -0.2) is 4.39 Å². The first-order valence-electron chi connectivity index (χ1n) is 7.62. The van der Waals surface area contributed by atoms with Gasteiger partial charge in [0.2, 0.25) is 5.82 Å². The molecule has 8 nitrogen and oxygen atoms in total. The molecule has 1 aliphatic rings. The monoisotopic (exact) mass is 326 g/mol. The Balaban J connectivity index is 1.47. The summed E-state index contributed by atoms with van der Waals surface area (Å²) in [6.07, 6.45) is 1.89. The average Bonchev–Trinajstić information content (AvgIpc) is 3.13. The summed E-state index contributed by atoms with van der Waals surface area (Å²) in [6.45, 7) is 0.556. The summed E-state index contributed by atoms with van der Waals surface area (Å²) in [5.74, 6) is 0.998. The number of nitrogens with zero attached hydrogens (tertiary/aromatic N) is 6. The second-order valence-electron chi connectivity index (χ2n) is 5.89. The molecule has 0 aromatic carbocycles. The Kier molecular flexibility index (Phi) is 3.60. The number of tetrazole rings is 1. The quantitative estimate of drug-likeness (QED) is 0.732. The Hall–Kier alpha value is -2.97. The largest absolute Gasteiger partial charge is 0.368 e. The molecule has 0 bridgehead atoms. The van der Waals surface area contributed by atoms with E-state index in [1.54, 1.807) is 18.3 Å². The van der Waals surface area contributed by atoms with E-state index in [4.69, 9.17) is 0 Å². The second kappa shape index (κ2) is 5.91. The lowest BCUT2D eigenvalue weighted by molar-refractivity contribution is 0.0996. The lowest BCUT2D eigenvalue weighted by atomic mass is 9.65. The van der Waals surface area contributed by atoms with Gasteiger partial charge in [0, 0.05) is 23.9 Å². The van der Waals surface area contributed by atoms with Crippen LogP contribution in [0.15, 0.2) is 36.5 Å². The van der Waals surface area contributed by atoms with Crippen molar-refractivity contribution in [3.63, 3.8) is 0 Å². The summed E-state index contributed by atoms with van der Waals surface area (Å²) < 4.78 is 13.5. The summed E-state index contributed by atoms with van der Waals surface area (Å²) in [5, 5.41) is 25.0. The first-order chi connectivity index (χ1) is 11.8. The molecule has 0 saturated heterocycles. The van der Waals surface area contributed by atoms with Crippen LogP contribution in [-0.2, 0) is 5.41 Å². The summed E-state index contributed by atoms with van der Waals surface area (Å²) in [4.78, 5) is 4.40. The number of H-pyrrole nitrogens is 1. The molecule has 2 N–H and O–H groups in total. The highest BCUT2D eigenvalue weighted by Crippen LogP contribution is 2.44. The third-order valence-corrected chi connectivity index (χ3v) is 4.28. The standard InChI is InChI=1S/C15H15FN8/c16-10-7-15(8-10,12-3-1-2-6-17-12)9-18-13-5-4-11(19-20-13)14-21-23-24-22-14/h1-6,10H,7-9H2,(H,18,20)(H,21,22,23,24). The summed E-state index contributed by atoms with van der Waals surface area (Å²) in [5.41, 5.74) is 1.14. The van der Waals surface area contributed by atoms with Crippen LogP contribution in [0.2, 0.25) is 0 Å². The maximum absolute atomic E-state index is 13.5. The van der Waals surface area contributed by atoms with Crippen LogP contribution in [-0.4, -0.2) is 48.5 Å². The fourth-order valence-electron chi connectivity index (χ4n) is 2.98. The second-order valence-corrected chi connectivity index (χ2v) is 5.89. The van der Waals surface area contributed by atoms with Crippen LogP contribution in [0.1, 0.15) is 18.5 Å². The number of nitrogens with one attached hydrogen (secondary N) is 2. The number of aromatic amines is 1. The van der Waals surface area contributed by atoms with E-state index in [0.717, 1.165) is 5.69 Å². The highest BCUT2D eigenvalue weighted by Gasteiger charge is 2.46. The molecular formula is C15H15FN8. The van der Waals surface area contributed by atoms with Crippen molar-refractivity contribution in [2.45, 2.75) is 24.4 Å². The minimum atomic E-state index is -0.777. The van der Waals surface area contributed by atoms with Crippen molar-refractivity contribution < 1.29 is 4.39 Å². The molecule has 24 heavy (non-hydrogen) atoms. The van der Waals surface area contributed by atoms with E-state index in [1.165, 1.54) is 0 Å². The van der Waals surface area contributed by atoms with E-state index in [2.05, 4.69) is 41.1 Å². The molecule has 3 aromatic heterocycles. The zero-order valence-corrected chi connectivity index (χ0v) is 12.7. The molecular weight excluding hydrogens is 311 g/mol. The molecule has 0 unspecified atom stereocenters. The van der Waals surface area contributed by atoms with Crippen LogP contribution in [0.4, 0.5) is 10.2 Å². The van der Waals surface area contributed by atoms with Gasteiger partial charge in [0.15, 0.2) is 0 Å². The molecule has 1 aliphatic carbocycles. The number of anilines is 1. The van der Waals surface area contributed by atoms with E-state index in [0.29, 0.717) is 36.7 Å². The van der Waals surface area contributed by atoms with E-state index in [1.807, 2.05) is 18.2 Å². The zero-order chi connectivity index (χ0) is 16.4. The first kappa shape index (κ1) is 14.6. The zero-order valence-electron chi connectivity index (χ0n) is 12.7. The van der Waals surface area contributed by atoms with E-state index >= 15 is 0 Å². The molecule has 0 atom stereocenters. The number of aromatic nitrogens is 7. The fraction of sp³-hybridized carbons (Fsp3) is 0.333. The highest BCUT2D eigenvalue weighted by molar-refractivity contribution is 5.49. The third-order valence-electron chi connectivity index (χ3n) is 4.28. The molecule has 0 aliphatic heterocycles. The van der Waals surface area contributed by atoms with Crippen LogP contribution < -0.4 is 5.32 Å². The van der Waals surface area contributed by atoms with Crippen molar-refractivity contribution in [1.29, 1.82) is 0 Å². The maximum atomic E-state index is 13.5. The molecule has 122 valence electrons. The van der Waals surface area contributed by atoms with Crippen LogP contribution in [0.5, 0.6) is 0 Å². The first-order valence-corrected chi connectivity index (χ1v) is 7.62. The number of rotatable bonds is 5. The minimum Gasteiger partial charge on any atom is -0.368 e. The molecule has 0 amide bonds. The predicted octanol–water partition coefficient (Wildman–Crippen LogP) is 1.53. The minimum absolute atomic E-state index is 0.297. The van der Waals surface area contributed by atoms with Crippen LogP contribution in [0, 0.1) is 0 Å². The highest BCUT2D eigenvalue weighted by atomic mass is 19.1. The lowest BCUT2D eigenvalue weighted by Gasteiger charge is -2.43. The van der Waals surface area contributed by atoms with Gasteiger partial charge in [0.25, 0.3) is 0 Å². The van der Waals surface area contributed by atoms with Gasteiger partial charge in [-0.05, 0) is 42.3 Å². The molecule has 3 aromatic rings. The SMILES string of the molecule is FC1CC(CNc2ccc(-c3nn[nH]n3)nn2)(c2ccccn2)C1. The third kappa shape index (κ3) is 2.68. The van der Waals surface area contributed by atoms with E-state index < -0.39 is 6.17 Å². The van der Waals surface area contributed by atoms with Crippen molar-refractivity contribution in [2.75, 3.05) is 11.9 Å². The predicted molar refractivity (Wildman–Crippen MR) is 83.7 cm³/mol. The Bertz CT molecular complexity index is 784. The van der Waals surface area contributed by atoms with Crippen molar-refractivity contribution in [3.8, 4) is 11.5 Å². The van der Waals surface area contributed by atoms with Crippen LogP contribution in [0.3, 0.4) is 0 Å². The smallest absolute Gasteiger partial charge is 0.224 e. The molecule has 0 spiro atoms. The molecule has 1 saturated carbocycles. The number of alkyl halides is 1. The Morgan fingerprint density at radius 3 is 2.71 bits per heavy atom. The average molecular weight is 326 g/mol. The van der Waals surface area contributed by atoms with Crippen molar-refractivity contribution in [3.05, 3.63) is 42.2 Å². The number of hydrogen-bond donors (Lipinski definition) is 2.